The topological polar surface area (TPSA) is 38.7 Å². The highest BCUT2D eigenvalue weighted by Gasteiger charge is 2.19. The lowest BCUT2D eigenvalue weighted by Gasteiger charge is -2.21. The third-order valence-corrected chi connectivity index (χ3v) is 2.88. The van der Waals surface area contributed by atoms with E-state index in [0.29, 0.717) is 19.0 Å². The molecule has 0 aromatic heterocycles. The highest BCUT2D eigenvalue weighted by Crippen LogP contribution is 2.28. The first kappa shape index (κ1) is 12.1. The van der Waals surface area contributed by atoms with Crippen LogP contribution < -0.4 is 0 Å². The number of methoxy groups -OCH3 is 1. The molecule has 0 bridgehead atoms. The van der Waals surface area contributed by atoms with Crippen molar-refractivity contribution in [2.75, 3.05) is 13.7 Å². The molecular formula is C14H18O3. The molecule has 1 unspecified atom stereocenters. The van der Waals surface area contributed by atoms with Crippen molar-refractivity contribution in [2.45, 2.75) is 25.6 Å². The predicted molar refractivity (Wildman–Crippen MR) is 65.4 cm³/mol. The van der Waals surface area contributed by atoms with Gasteiger partial charge in [0.15, 0.2) is 0 Å². The summed E-state index contributed by atoms with van der Waals surface area (Å²) >= 11 is 0. The zero-order valence-electron chi connectivity index (χ0n) is 10.1. The standard InChI is InChI=1S/C14H18O3/c1-16-10-11-6-2-3-7-12(11)14(15)13-8-4-5-9-17-13/h2-3,6-8,14-15H,4-5,9-10H2,1H3. The van der Waals surface area contributed by atoms with Crippen molar-refractivity contribution in [3.63, 3.8) is 0 Å². The molecule has 1 aromatic carbocycles. The molecule has 17 heavy (non-hydrogen) atoms. The van der Waals surface area contributed by atoms with Crippen LogP contribution >= 0.6 is 0 Å². The van der Waals surface area contributed by atoms with E-state index in [1.165, 1.54) is 0 Å². The third-order valence-electron chi connectivity index (χ3n) is 2.88. The molecule has 3 heteroatoms. The number of ether oxygens (including phenoxy) is 2. The fraction of sp³-hybridized carbons (Fsp3) is 0.429. The quantitative estimate of drug-likeness (QED) is 0.870. The van der Waals surface area contributed by atoms with Crippen LogP contribution in [0.4, 0.5) is 0 Å². The summed E-state index contributed by atoms with van der Waals surface area (Å²) in [6.07, 6.45) is 3.29. The summed E-state index contributed by atoms with van der Waals surface area (Å²) in [6.45, 7) is 1.19. The number of aliphatic hydroxyl groups is 1. The summed E-state index contributed by atoms with van der Waals surface area (Å²) in [5, 5.41) is 10.3. The van der Waals surface area contributed by atoms with Gasteiger partial charge in [-0.25, -0.2) is 0 Å². The molecule has 0 saturated heterocycles. The van der Waals surface area contributed by atoms with Crippen molar-refractivity contribution in [3.8, 4) is 0 Å². The van der Waals surface area contributed by atoms with Crippen LogP contribution in [0.5, 0.6) is 0 Å². The van der Waals surface area contributed by atoms with Crippen LogP contribution in [0.1, 0.15) is 30.1 Å². The molecule has 2 rings (SSSR count). The molecule has 1 atom stereocenters. The summed E-state index contributed by atoms with van der Waals surface area (Å²) < 4.78 is 10.6. The fourth-order valence-corrected chi connectivity index (χ4v) is 2.01. The predicted octanol–water partition coefficient (Wildman–Crippen LogP) is 2.56. The first-order valence-corrected chi connectivity index (χ1v) is 5.90. The zero-order valence-corrected chi connectivity index (χ0v) is 10.1. The molecule has 0 aliphatic carbocycles. The third kappa shape index (κ3) is 2.87. The Morgan fingerprint density at radius 2 is 2.24 bits per heavy atom. The van der Waals surface area contributed by atoms with E-state index in [9.17, 15) is 5.11 Å². The normalized spacial score (nSPS) is 17.2. The Hall–Kier alpha value is -1.32. The van der Waals surface area contributed by atoms with Crippen LogP contribution in [0, 0.1) is 0 Å². The molecule has 0 amide bonds. The highest BCUT2D eigenvalue weighted by atomic mass is 16.5. The second-order valence-electron chi connectivity index (χ2n) is 4.13. The Balaban J connectivity index is 2.23. The van der Waals surface area contributed by atoms with Gasteiger partial charge in [0.1, 0.15) is 11.9 Å². The van der Waals surface area contributed by atoms with Crippen molar-refractivity contribution in [1.82, 2.24) is 0 Å². The van der Waals surface area contributed by atoms with Gasteiger partial charge >= 0.3 is 0 Å². The van der Waals surface area contributed by atoms with Gasteiger partial charge in [-0.05, 0) is 30.0 Å². The summed E-state index contributed by atoms with van der Waals surface area (Å²) in [5.41, 5.74) is 1.86. The van der Waals surface area contributed by atoms with Gasteiger partial charge in [0.2, 0.25) is 0 Å². The number of allylic oxidation sites excluding steroid dienone is 1. The Bertz CT molecular complexity index is 398. The summed E-state index contributed by atoms with van der Waals surface area (Å²) in [7, 11) is 1.65. The molecule has 92 valence electrons. The summed E-state index contributed by atoms with van der Waals surface area (Å²) in [6, 6.07) is 7.74. The first-order chi connectivity index (χ1) is 8.33. The number of benzene rings is 1. The fourth-order valence-electron chi connectivity index (χ4n) is 2.01. The minimum Gasteiger partial charge on any atom is -0.495 e. The summed E-state index contributed by atoms with van der Waals surface area (Å²) in [4.78, 5) is 0. The van der Waals surface area contributed by atoms with Crippen LogP contribution in [0.15, 0.2) is 36.1 Å². The van der Waals surface area contributed by atoms with E-state index in [4.69, 9.17) is 9.47 Å². The Morgan fingerprint density at radius 3 is 2.94 bits per heavy atom. The average molecular weight is 234 g/mol. The Kier molecular flexibility index (Phi) is 4.18. The van der Waals surface area contributed by atoms with Gasteiger partial charge < -0.3 is 14.6 Å². The molecule has 0 spiro atoms. The minimum absolute atomic E-state index is 0.501. The average Bonchev–Trinajstić information content (AvgIpc) is 2.40. The van der Waals surface area contributed by atoms with Gasteiger partial charge in [-0.3, -0.25) is 0 Å². The van der Waals surface area contributed by atoms with Gasteiger partial charge in [0, 0.05) is 7.11 Å². The molecule has 1 heterocycles. The van der Waals surface area contributed by atoms with Gasteiger partial charge in [0.25, 0.3) is 0 Å². The summed E-state index contributed by atoms with van der Waals surface area (Å²) in [5.74, 6) is 0.666. The zero-order chi connectivity index (χ0) is 12.1. The van der Waals surface area contributed by atoms with Crippen molar-refractivity contribution in [1.29, 1.82) is 0 Å². The molecular weight excluding hydrogens is 216 g/mol. The maximum atomic E-state index is 10.3. The SMILES string of the molecule is COCc1ccccc1C(O)C1=CCCCO1. The molecule has 1 aromatic rings. The first-order valence-electron chi connectivity index (χ1n) is 5.90. The second-order valence-corrected chi connectivity index (χ2v) is 4.13. The monoisotopic (exact) mass is 234 g/mol. The Labute approximate surface area is 102 Å². The van der Waals surface area contributed by atoms with Crippen LogP contribution in [-0.4, -0.2) is 18.8 Å². The molecule has 0 radical (unpaired) electrons. The van der Waals surface area contributed by atoms with E-state index >= 15 is 0 Å². The maximum absolute atomic E-state index is 10.3. The van der Waals surface area contributed by atoms with E-state index < -0.39 is 6.10 Å². The minimum atomic E-state index is -0.679. The molecule has 1 aliphatic heterocycles. The van der Waals surface area contributed by atoms with E-state index in [2.05, 4.69) is 0 Å². The molecule has 0 fully saturated rings. The number of aliphatic hydroxyl groups excluding tert-OH is 1. The Morgan fingerprint density at radius 1 is 1.41 bits per heavy atom. The van der Waals surface area contributed by atoms with Gasteiger partial charge in [0.05, 0.1) is 13.2 Å². The molecule has 0 saturated carbocycles. The van der Waals surface area contributed by atoms with E-state index in [1.807, 2.05) is 30.3 Å². The number of rotatable bonds is 4. The number of hydrogen-bond donors (Lipinski definition) is 1. The van der Waals surface area contributed by atoms with Gasteiger partial charge in [-0.2, -0.15) is 0 Å². The lowest BCUT2D eigenvalue weighted by atomic mass is 10.00. The smallest absolute Gasteiger partial charge is 0.136 e. The van der Waals surface area contributed by atoms with Crippen molar-refractivity contribution in [2.24, 2.45) is 0 Å². The lowest BCUT2D eigenvalue weighted by molar-refractivity contribution is 0.0896. The van der Waals surface area contributed by atoms with Crippen LogP contribution in [-0.2, 0) is 16.1 Å². The molecule has 1 aliphatic rings. The van der Waals surface area contributed by atoms with Crippen molar-refractivity contribution < 1.29 is 14.6 Å². The van der Waals surface area contributed by atoms with Crippen LogP contribution in [0.3, 0.4) is 0 Å². The maximum Gasteiger partial charge on any atom is 0.136 e. The molecule has 3 nitrogen and oxygen atoms in total. The highest BCUT2D eigenvalue weighted by molar-refractivity contribution is 5.32. The van der Waals surface area contributed by atoms with E-state index in [1.54, 1.807) is 7.11 Å². The van der Waals surface area contributed by atoms with Crippen molar-refractivity contribution >= 4 is 0 Å². The lowest BCUT2D eigenvalue weighted by Crippen LogP contribution is -2.11. The van der Waals surface area contributed by atoms with Crippen LogP contribution in [0.2, 0.25) is 0 Å². The van der Waals surface area contributed by atoms with E-state index in [0.717, 1.165) is 24.0 Å². The van der Waals surface area contributed by atoms with Crippen molar-refractivity contribution in [3.05, 3.63) is 47.2 Å². The molecule has 1 N–H and O–H groups in total. The van der Waals surface area contributed by atoms with Gasteiger partial charge in [-0.15, -0.1) is 0 Å². The second kappa shape index (κ2) is 5.84. The largest absolute Gasteiger partial charge is 0.495 e. The van der Waals surface area contributed by atoms with Crippen LogP contribution in [0.25, 0.3) is 0 Å². The number of hydrogen-bond acceptors (Lipinski definition) is 3. The van der Waals surface area contributed by atoms with Gasteiger partial charge in [-0.1, -0.05) is 24.3 Å². The van der Waals surface area contributed by atoms with E-state index in [-0.39, 0.29) is 0 Å².